The van der Waals surface area contributed by atoms with Crippen LogP contribution >= 0.6 is 0 Å². The molecule has 2 aliphatic heterocycles. The third kappa shape index (κ3) is 4.03. The summed E-state index contributed by atoms with van der Waals surface area (Å²) in [6.45, 7) is 9.44. The molecule has 2 atom stereocenters. The monoisotopic (exact) mass is 357 g/mol. The van der Waals surface area contributed by atoms with Crippen molar-refractivity contribution in [2.45, 2.75) is 51.9 Å². The minimum absolute atomic E-state index is 0.0427. The van der Waals surface area contributed by atoms with Crippen molar-refractivity contribution in [3.8, 4) is 6.07 Å². The topological polar surface area (TPSA) is 59.7 Å². The second-order valence-electron chi connectivity index (χ2n) is 7.66. The lowest BCUT2D eigenvalue weighted by Crippen LogP contribution is -2.47. The van der Waals surface area contributed by atoms with E-state index >= 15 is 0 Å². The Balaban J connectivity index is 1.44. The molecule has 26 heavy (non-hydrogen) atoms. The quantitative estimate of drug-likeness (QED) is 0.848. The zero-order chi connectivity index (χ0) is 18.6. The van der Waals surface area contributed by atoms with E-state index in [1.54, 1.807) is 0 Å². The van der Waals surface area contributed by atoms with Gasteiger partial charge in [0.15, 0.2) is 6.29 Å². The van der Waals surface area contributed by atoms with Crippen molar-refractivity contribution in [1.82, 2.24) is 4.90 Å². The average molecular weight is 357 g/mol. The number of aliphatic hydroxyl groups is 1. The molecule has 0 aliphatic carbocycles. The molecule has 2 heterocycles. The molecular formula is C21H31N3O2. The molecule has 0 radical (unpaired) electrons. The molecule has 2 unspecified atom stereocenters. The smallest absolute Gasteiger partial charge is 0.160 e. The molecule has 0 amide bonds. The van der Waals surface area contributed by atoms with E-state index in [9.17, 15) is 5.11 Å². The molecule has 2 fully saturated rings. The van der Waals surface area contributed by atoms with Crippen LogP contribution in [-0.2, 0) is 4.74 Å². The molecule has 1 aromatic rings. The van der Waals surface area contributed by atoms with Crippen molar-refractivity contribution < 1.29 is 9.84 Å². The van der Waals surface area contributed by atoms with E-state index < -0.39 is 6.29 Å². The Hall–Kier alpha value is -1.61. The fraction of sp³-hybridized carbons (Fsp3) is 0.667. The fourth-order valence-electron chi connectivity index (χ4n) is 4.29. The molecule has 2 aliphatic rings. The van der Waals surface area contributed by atoms with E-state index in [2.05, 4.69) is 29.7 Å². The number of hydrogen-bond donors (Lipinski definition) is 1. The highest BCUT2D eigenvalue weighted by atomic mass is 16.6. The van der Waals surface area contributed by atoms with Crippen molar-refractivity contribution in [1.29, 1.82) is 5.26 Å². The first-order chi connectivity index (χ1) is 12.6. The minimum Gasteiger partial charge on any atom is -0.369 e. The van der Waals surface area contributed by atoms with Gasteiger partial charge in [0.1, 0.15) is 0 Å². The number of aliphatic hydroxyl groups excluding tert-OH is 1. The maximum atomic E-state index is 10.3. The van der Waals surface area contributed by atoms with Crippen molar-refractivity contribution in [2.75, 3.05) is 37.6 Å². The summed E-state index contributed by atoms with van der Waals surface area (Å²) in [7, 11) is 0. The SMILES string of the molecule is CCC1(CC)CC(CCN2CCN(c3ccc(C#N)cc3)CC2)OC1O. The first-order valence-corrected chi connectivity index (χ1v) is 9.91. The number of piperazine rings is 1. The summed E-state index contributed by atoms with van der Waals surface area (Å²) in [4.78, 5) is 4.88. The van der Waals surface area contributed by atoms with Gasteiger partial charge >= 0.3 is 0 Å². The molecule has 0 aromatic heterocycles. The van der Waals surface area contributed by atoms with Crippen LogP contribution in [0, 0.1) is 16.7 Å². The summed E-state index contributed by atoms with van der Waals surface area (Å²) in [6, 6.07) is 10.0. The molecule has 2 saturated heterocycles. The summed E-state index contributed by atoms with van der Waals surface area (Å²) < 4.78 is 5.85. The van der Waals surface area contributed by atoms with Crippen LogP contribution in [0.2, 0.25) is 0 Å². The van der Waals surface area contributed by atoms with Gasteiger partial charge in [-0.05, 0) is 49.9 Å². The van der Waals surface area contributed by atoms with Crippen LogP contribution in [-0.4, -0.2) is 55.1 Å². The zero-order valence-corrected chi connectivity index (χ0v) is 16.0. The van der Waals surface area contributed by atoms with Gasteiger partial charge in [0.2, 0.25) is 0 Å². The highest BCUT2D eigenvalue weighted by Gasteiger charge is 2.45. The summed E-state index contributed by atoms with van der Waals surface area (Å²) >= 11 is 0. The number of nitriles is 1. The lowest BCUT2D eigenvalue weighted by atomic mass is 9.78. The predicted octanol–water partition coefficient (Wildman–Crippen LogP) is 2.98. The Morgan fingerprint density at radius 3 is 2.35 bits per heavy atom. The van der Waals surface area contributed by atoms with Crippen molar-refractivity contribution in [3.63, 3.8) is 0 Å². The second-order valence-corrected chi connectivity index (χ2v) is 7.66. The molecule has 1 N–H and O–H groups in total. The van der Waals surface area contributed by atoms with Crippen molar-refractivity contribution >= 4 is 5.69 Å². The van der Waals surface area contributed by atoms with Gasteiger partial charge in [-0.1, -0.05) is 13.8 Å². The third-order valence-corrected chi connectivity index (χ3v) is 6.39. The number of rotatable bonds is 6. The van der Waals surface area contributed by atoms with Gasteiger partial charge in [0, 0.05) is 43.8 Å². The number of anilines is 1. The second kappa shape index (κ2) is 8.39. The van der Waals surface area contributed by atoms with E-state index in [0.29, 0.717) is 5.56 Å². The van der Waals surface area contributed by atoms with E-state index in [4.69, 9.17) is 10.00 Å². The lowest BCUT2D eigenvalue weighted by molar-refractivity contribution is -0.138. The van der Waals surface area contributed by atoms with Crippen LogP contribution in [0.4, 0.5) is 5.69 Å². The lowest BCUT2D eigenvalue weighted by Gasteiger charge is -2.36. The minimum atomic E-state index is -0.601. The van der Waals surface area contributed by atoms with Gasteiger partial charge in [-0.15, -0.1) is 0 Å². The Bertz CT molecular complexity index is 613. The van der Waals surface area contributed by atoms with Crippen molar-refractivity contribution in [3.05, 3.63) is 29.8 Å². The van der Waals surface area contributed by atoms with Crippen LogP contribution in [0.1, 0.15) is 45.1 Å². The number of nitrogens with zero attached hydrogens (tertiary/aromatic N) is 3. The first kappa shape index (κ1) is 19.2. The predicted molar refractivity (Wildman–Crippen MR) is 103 cm³/mol. The third-order valence-electron chi connectivity index (χ3n) is 6.39. The summed E-state index contributed by atoms with van der Waals surface area (Å²) in [5.74, 6) is 0. The fourth-order valence-corrected chi connectivity index (χ4v) is 4.29. The van der Waals surface area contributed by atoms with Crippen molar-refractivity contribution in [2.24, 2.45) is 5.41 Å². The van der Waals surface area contributed by atoms with E-state index in [0.717, 1.165) is 58.4 Å². The molecule has 5 heteroatoms. The highest BCUT2D eigenvalue weighted by molar-refractivity contribution is 5.50. The van der Waals surface area contributed by atoms with Gasteiger partial charge < -0.3 is 14.7 Å². The Morgan fingerprint density at radius 1 is 1.15 bits per heavy atom. The normalized spacial score (nSPS) is 26.0. The maximum absolute atomic E-state index is 10.3. The Labute approximate surface area is 157 Å². The van der Waals surface area contributed by atoms with Gasteiger partial charge in [-0.25, -0.2) is 0 Å². The van der Waals surface area contributed by atoms with Crippen LogP contribution in [0.5, 0.6) is 0 Å². The van der Waals surface area contributed by atoms with E-state index in [-0.39, 0.29) is 11.5 Å². The van der Waals surface area contributed by atoms with E-state index in [1.807, 2.05) is 24.3 Å². The largest absolute Gasteiger partial charge is 0.369 e. The van der Waals surface area contributed by atoms with Gasteiger partial charge in [0.05, 0.1) is 17.7 Å². The van der Waals surface area contributed by atoms with Crippen LogP contribution < -0.4 is 4.90 Å². The van der Waals surface area contributed by atoms with Crippen LogP contribution in [0.25, 0.3) is 0 Å². The van der Waals surface area contributed by atoms with Gasteiger partial charge in [0.25, 0.3) is 0 Å². The van der Waals surface area contributed by atoms with Crippen LogP contribution in [0.15, 0.2) is 24.3 Å². The van der Waals surface area contributed by atoms with E-state index in [1.165, 1.54) is 5.69 Å². The molecule has 5 nitrogen and oxygen atoms in total. The van der Waals surface area contributed by atoms with Gasteiger partial charge in [-0.2, -0.15) is 5.26 Å². The molecule has 3 rings (SSSR count). The standard InChI is InChI=1S/C21H31N3O2/c1-3-21(4-2)15-19(26-20(21)25)9-10-23-11-13-24(14-12-23)18-7-5-17(16-22)6-8-18/h5-8,19-20,25H,3-4,9-15H2,1-2H3. The molecule has 0 saturated carbocycles. The Morgan fingerprint density at radius 2 is 1.81 bits per heavy atom. The Kier molecular flexibility index (Phi) is 6.18. The molecule has 0 bridgehead atoms. The molecule has 1 aromatic carbocycles. The highest BCUT2D eigenvalue weighted by Crippen LogP contribution is 2.44. The van der Waals surface area contributed by atoms with Crippen LogP contribution in [0.3, 0.4) is 0 Å². The molecular weight excluding hydrogens is 326 g/mol. The maximum Gasteiger partial charge on any atom is 0.160 e. The summed E-state index contributed by atoms with van der Waals surface area (Å²) in [5, 5.41) is 19.2. The average Bonchev–Trinajstić information content (AvgIpc) is 3.03. The molecule has 142 valence electrons. The number of benzene rings is 1. The summed E-state index contributed by atoms with van der Waals surface area (Å²) in [6.07, 6.45) is 3.51. The number of hydrogen-bond acceptors (Lipinski definition) is 5. The summed E-state index contributed by atoms with van der Waals surface area (Å²) in [5.41, 5.74) is 1.86. The zero-order valence-electron chi connectivity index (χ0n) is 16.0. The van der Waals surface area contributed by atoms with Gasteiger partial charge in [-0.3, -0.25) is 4.90 Å². The first-order valence-electron chi connectivity index (χ1n) is 9.91. The number of ether oxygens (including phenoxy) is 1. The molecule has 0 spiro atoms.